The van der Waals surface area contributed by atoms with Crippen LogP contribution in [0.1, 0.15) is 41.6 Å². The highest BCUT2D eigenvalue weighted by molar-refractivity contribution is 5.95. The Hall–Kier alpha value is -3.35. The van der Waals surface area contributed by atoms with Gasteiger partial charge in [-0.15, -0.1) is 0 Å². The van der Waals surface area contributed by atoms with E-state index in [0.717, 1.165) is 25.7 Å². The summed E-state index contributed by atoms with van der Waals surface area (Å²) in [7, 11) is 0. The van der Waals surface area contributed by atoms with Crippen LogP contribution in [0.4, 0.5) is 10.5 Å². The number of carbonyl (C=O) groups is 3. The number of benzene rings is 2. The van der Waals surface area contributed by atoms with Crippen molar-refractivity contribution < 1.29 is 14.4 Å². The fourth-order valence-corrected chi connectivity index (χ4v) is 3.86. The van der Waals surface area contributed by atoms with Crippen molar-refractivity contribution in [1.82, 2.24) is 15.1 Å². The maximum atomic E-state index is 12.8. The largest absolute Gasteiger partial charge is 0.339 e. The number of amides is 4. The van der Waals surface area contributed by atoms with E-state index in [1.807, 2.05) is 23.1 Å². The Balaban J connectivity index is 1.19. The molecule has 4 amide bonds. The highest BCUT2D eigenvalue weighted by Gasteiger charge is 2.25. The van der Waals surface area contributed by atoms with Crippen LogP contribution < -0.4 is 10.6 Å². The second-order valence-corrected chi connectivity index (χ2v) is 8.46. The third kappa shape index (κ3) is 6.09. The fraction of sp³-hybridized carbons (Fsp3) is 0.400. The molecule has 0 bridgehead atoms. The monoisotopic (exact) mass is 434 g/mol. The number of piperazine rings is 1. The van der Waals surface area contributed by atoms with E-state index in [0.29, 0.717) is 49.9 Å². The van der Waals surface area contributed by atoms with Gasteiger partial charge in [0.05, 0.1) is 0 Å². The molecule has 2 aromatic rings. The number of nitrogens with one attached hydrogen (secondary N) is 2. The first-order chi connectivity index (χ1) is 15.6. The van der Waals surface area contributed by atoms with Gasteiger partial charge >= 0.3 is 6.03 Å². The molecule has 1 saturated heterocycles. The van der Waals surface area contributed by atoms with Crippen molar-refractivity contribution >= 4 is 23.5 Å². The Morgan fingerprint density at radius 3 is 2.16 bits per heavy atom. The van der Waals surface area contributed by atoms with Crippen molar-refractivity contribution in [2.45, 2.75) is 38.1 Å². The maximum Gasteiger partial charge on any atom is 0.319 e. The zero-order chi connectivity index (χ0) is 22.3. The van der Waals surface area contributed by atoms with Gasteiger partial charge in [0, 0.05) is 49.9 Å². The SMILES string of the molecule is O=C(Nc1ccc(C(=O)N2CCN(C(=O)CCCc3ccccc3)CC2)cc1)NC1CC1. The Bertz CT molecular complexity index is 933. The number of rotatable bonds is 7. The lowest BCUT2D eigenvalue weighted by atomic mass is 10.1. The van der Waals surface area contributed by atoms with Gasteiger partial charge in [0.2, 0.25) is 5.91 Å². The topological polar surface area (TPSA) is 81.8 Å². The lowest BCUT2D eigenvalue weighted by Crippen LogP contribution is -2.50. The molecule has 168 valence electrons. The number of hydrogen-bond acceptors (Lipinski definition) is 3. The van der Waals surface area contributed by atoms with E-state index >= 15 is 0 Å². The lowest BCUT2D eigenvalue weighted by molar-refractivity contribution is -0.132. The van der Waals surface area contributed by atoms with Crippen LogP contribution in [0.3, 0.4) is 0 Å². The molecule has 1 aliphatic carbocycles. The summed E-state index contributed by atoms with van der Waals surface area (Å²) in [5.41, 5.74) is 2.49. The Labute approximate surface area is 188 Å². The van der Waals surface area contributed by atoms with Gasteiger partial charge in [0.1, 0.15) is 0 Å². The van der Waals surface area contributed by atoms with E-state index in [4.69, 9.17) is 0 Å². The second kappa shape index (κ2) is 10.3. The summed E-state index contributed by atoms with van der Waals surface area (Å²) in [4.78, 5) is 40.8. The van der Waals surface area contributed by atoms with E-state index in [1.165, 1.54) is 5.56 Å². The van der Waals surface area contributed by atoms with E-state index in [9.17, 15) is 14.4 Å². The van der Waals surface area contributed by atoms with Crippen molar-refractivity contribution in [3.63, 3.8) is 0 Å². The van der Waals surface area contributed by atoms with E-state index in [2.05, 4.69) is 22.8 Å². The first-order valence-corrected chi connectivity index (χ1v) is 11.4. The predicted molar refractivity (Wildman–Crippen MR) is 123 cm³/mol. The standard InChI is InChI=1S/C25H30N4O3/c30-23(8-4-7-19-5-2-1-3-6-19)28-15-17-29(18-16-28)24(31)20-9-11-21(12-10-20)26-25(32)27-22-13-14-22/h1-3,5-6,9-12,22H,4,7-8,13-18H2,(H2,26,27,32). The minimum absolute atomic E-state index is 0.0461. The summed E-state index contributed by atoms with van der Waals surface area (Å²) >= 11 is 0. The third-order valence-electron chi connectivity index (χ3n) is 5.92. The molecule has 2 N–H and O–H groups in total. The molecule has 0 radical (unpaired) electrons. The van der Waals surface area contributed by atoms with Crippen LogP contribution >= 0.6 is 0 Å². The summed E-state index contributed by atoms with van der Waals surface area (Å²) in [5, 5.41) is 5.65. The first-order valence-electron chi connectivity index (χ1n) is 11.4. The number of carbonyl (C=O) groups excluding carboxylic acids is 3. The summed E-state index contributed by atoms with van der Waals surface area (Å²) < 4.78 is 0. The minimum atomic E-state index is -0.212. The summed E-state index contributed by atoms with van der Waals surface area (Å²) in [6, 6.07) is 17.2. The summed E-state index contributed by atoms with van der Waals surface area (Å²) in [6.07, 6.45) is 4.34. The smallest absolute Gasteiger partial charge is 0.319 e. The number of aryl methyl sites for hydroxylation is 1. The number of nitrogens with zero attached hydrogens (tertiary/aromatic N) is 2. The molecule has 2 fully saturated rings. The number of urea groups is 1. The molecule has 1 saturated carbocycles. The normalized spacial score (nSPS) is 15.9. The quantitative estimate of drug-likeness (QED) is 0.702. The molecule has 32 heavy (non-hydrogen) atoms. The average molecular weight is 435 g/mol. The third-order valence-corrected chi connectivity index (χ3v) is 5.92. The first kappa shape index (κ1) is 21.9. The van der Waals surface area contributed by atoms with E-state index in [-0.39, 0.29) is 17.8 Å². The van der Waals surface area contributed by atoms with Crippen LogP contribution in [0.15, 0.2) is 54.6 Å². The molecule has 1 aliphatic heterocycles. The van der Waals surface area contributed by atoms with Crippen LogP contribution in [0.2, 0.25) is 0 Å². The van der Waals surface area contributed by atoms with Crippen molar-refractivity contribution in [3.05, 3.63) is 65.7 Å². The molecule has 1 heterocycles. The van der Waals surface area contributed by atoms with Gasteiger partial charge in [0.15, 0.2) is 0 Å². The summed E-state index contributed by atoms with van der Waals surface area (Å²) in [5.74, 6) is 0.114. The molecular weight excluding hydrogens is 404 g/mol. The maximum absolute atomic E-state index is 12.8. The molecule has 4 rings (SSSR count). The summed E-state index contributed by atoms with van der Waals surface area (Å²) in [6.45, 7) is 2.20. The molecule has 7 nitrogen and oxygen atoms in total. The molecule has 2 aromatic carbocycles. The van der Waals surface area contributed by atoms with Crippen LogP contribution in [-0.2, 0) is 11.2 Å². The lowest BCUT2D eigenvalue weighted by Gasteiger charge is -2.35. The van der Waals surface area contributed by atoms with Gasteiger partial charge in [-0.3, -0.25) is 9.59 Å². The Kier molecular flexibility index (Phi) is 7.04. The van der Waals surface area contributed by atoms with Gasteiger partial charge in [0.25, 0.3) is 5.91 Å². The van der Waals surface area contributed by atoms with Crippen molar-refractivity contribution in [2.75, 3.05) is 31.5 Å². The Morgan fingerprint density at radius 1 is 0.844 bits per heavy atom. The predicted octanol–water partition coefficient (Wildman–Crippen LogP) is 3.28. The van der Waals surface area contributed by atoms with E-state index in [1.54, 1.807) is 29.2 Å². The molecule has 0 unspecified atom stereocenters. The van der Waals surface area contributed by atoms with Gasteiger partial charge in [-0.1, -0.05) is 30.3 Å². The van der Waals surface area contributed by atoms with E-state index < -0.39 is 0 Å². The van der Waals surface area contributed by atoms with Crippen molar-refractivity contribution in [2.24, 2.45) is 0 Å². The van der Waals surface area contributed by atoms with Gasteiger partial charge < -0.3 is 20.4 Å². The molecule has 2 aliphatic rings. The van der Waals surface area contributed by atoms with Crippen LogP contribution in [0.25, 0.3) is 0 Å². The average Bonchev–Trinajstić information content (AvgIpc) is 3.64. The number of hydrogen-bond donors (Lipinski definition) is 2. The zero-order valence-corrected chi connectivity index (χ0v) is 18.3. The highest BCUT2D eigenvalue weighted by Crippen LogP contribution is 2.19. The zero-order valence-electron chi connectivity index (χ0n) is 18.3. The van der Waals surface area contributed by atoms with Crippen molar-refractivity contribution in [1.29, 1.82) is 0 Å². The fourth-order valence-electron chi connectivity index (χ4n) is 3.86. The molecule has 0 atom stereocenters. The van der Waals surface area contributed by atoms with Gasteiger partial charge in [-0.25, -0.2) is 4.79 Å². The highest BCUT2D eigenvalue weighted by atomic mass is 16.2. The van der Waals surface area contributed by atoms with Gasteiger partial charge in [-0.2, -0.15) is 0 Å². The van der Waals surface area contributed by atoms with Gasteiger partial charge in [-0.05, 0) is 55.5 Å². The van der Waals surface area contributed by atoms with Crippen LogP contribution in [0, 0.1) is 0 Å². The van der Waals surface area contributed by atoms with Crippen molar-refractivity contribution in [3.8, 4) is 0 Å². The molecular formula is C25H30N4O3. The number of anilines is 1. The molecule has 0 aromatic heterocycles. The molecule has 0 spiro atoms. The minimum Gasteiger partial charge on any atom is -0.339 e. The second-order valence-electron chi connectivity index (χ2n) is 8.46. The Morgan fingerprint density at radius 2 is 1.50 bits per heavy atom. The molecule has 7 heteroatoms. The van der Waals surface area contributed by atoms with Crippen LogP contribution in [0.5, 0.6) is 0 Å². The van der Waals surface area contributed by atoms with Crippen LogP contribution in [-0.4, -0.2) is 59.9 Å².